The zero-order valence-electron chi connectivity index (χ0n) is 15.9. The zero-order chi connectivity index (χ0) is 18.9. The number of nitrogens with one attached hydrogen (secondary N) is 1. The first-order valence-electron chi connectivity index (χ1n) is 8.71. The molecule has 1 aliphatic rings. The maximum atomic E-state index is 11.8. The molecule has 1 heterocycles. The Morgan fingerprint density at radius 1 is 1.15 bits per heavy atom. The van der Waals surface area contributed by atoms with Gasteiger partial charge in [0.1, 0.15) is 0 Å². The van der Waals surface area contributed by atoms with Crippen molar-refractivity contribution >= 4 is 12.1 Å². The van der Waals surface area contributed by atoms with Gasteiger partial charge in [-0.05, 0) is 13.0 Å². The van der Waals surface area contributed by atoms with Crippen LogP contribution in [0.4, 0.5) is 4.79 Å². The molecule has 1 aromatic carbocycles. The zero-order valence-corrected chi connectivity index (χ0v) is 15.9. The number of rotatable bonds is 5. The molecule has 1 saturated heterocycles. The maximum Gasteiger partial charge on any atom is 0.409 e. The van der Waals surface area contributed by atoms with Crippen molar-refractivity contribution < 1.29 is 19.0 Å². The molecule has 2 rings (SSSR count). The van der Waals surface area contributed by atoms with Gasteiger partial charge in [0.15, 0.2) is 17.5 Å². The normalized spacial score (nSPS) is 14.8. The fourth-order valence-electron chi connectivity index (χ4n) is 2.92. The van der Waals surface area contributed by atoms with Gasteiger partial charge in [-0.3, -0.25) is 4.99 Å². The second-order valence-corrected chi connectivity index (χ2v) is 5.73. The molecule has 1 amide bonds. The summed E-state index contributed by atoms with van der Waals surface area (Å²) >= 11 is 0. The van der Waals surface area contributed by atoms with E-state index in [1.54, 1.807) is 26.2 Å². The first kappa shape index (κ1) is 19.7. The van der Waals surface area contributed by atoms with E-state index >= 15 is 0 Å². The largest absolute Gasteiger partial charge is 0.493 e. The number of hydrogen-bond acceptors (Lipinski definition) is 5. The standard InChI is InChI=1S/C18H28N4O4/c1-5-26-18(23)22-11-9-21(10-12-22)17(19-2)20-13-14-7-6-8-15(24-3)16(14)25-4/h6-8H,5,9-13H2,1-4H3,(H,19,20). The number of methoxy groups -OCH3 is 2. The minimum atomic E-state index is -0.254. The van der Waals surface area contributed by atoms with Crippen LogP contribution in [-0.4, -0.2) is 75.9 Å². The van der Waals surface area contributed by atoms with Gasteiger partial charge in [-0.2, -0.15) is 0 Å². The summed E-state index contributed by atoms with van der Waals surface area (Å²) < 4.78 is 15.9. The fourth-order valence-corrected chi connectivity index (χ4v) is 2.92. The Morgan fingerprint density at radius 3 is 2.42 bits per heavy atom. The molecule has 144 valence electrons. The molecule has 1 N–H and O–H groups in total. The predicted molar refractivity (Wildman–Crippen MR) is 99.9 cm³/mol. The van der Waals surface area contributed by atoms with Crippen LogP contribution in [0.3, 0.4) is 0 Å². The van der Waals surface area contributed by atoms with Crippen LogP contribution in [0.25, 0.3) is 0 Å². The van der Waals surface area contributed by atoms with Crippen molar-refractivity contribution in [1.29, 1.82) is 0 Å². The number of guanidine groups is 1. The molecule has 0 radical (unpaired) electrons. The summed E-state index contributed by atoms with van der Waals surface area (Å²) in [5.74, 6) is 2.20. The molecule has 8 heteroatoms. The Kier molecular flexibility index (Phi) is 7.37. The van der Waals surface area contributed by atoms with Crippen LogP contribution in [0.2, 0.25) is 0 Å². The maximum absolute atomic E-state index is 11.8. The number of ether oxygens (including phenoxy) is 3. The van der Waals surface area contributed by atoms with Crippen LogP contribution in [0.1, 0.15) is 12.5 Å². The van der Waals surface area contributed by atoms with Crippen LogP contribution in [0, 0.1) is 0 Å². The van der Waals surface area contributed by atoms with E-state index in [1.807, 2.05) is 25.1 Å². The second kappa shape index (κ2) is 9.74. The number of amides is 1. The molecule has 1 fully saturated rings. The van der Waals surface area contributed by atoms with E-state index in [1.165, 1.54) is 0 Å². The first-order chi connectivity index (χ1) is 12.6. The smallest absolute Gasteiger partial charge is 0.409 e. The Bertz CT molecular complexity index is 628. The van der Waals surface area contributed by atoms with Gasteiger partial charge in [0.2, 0.25) is 0 Å². The molecule has 0 bridgehead atoms. The SMILES string of the molecule is CCOC(=O)N1CCN(C(=NC)NCc2cccc(OC)c2OC)CC1. The molecular weight excluding hydrogens is 336 g/mol. The molecule has 26 heavy (non-hydrogen) atoms. The van der Waals surface area contributed by atoms with E-state index in [2.05, 4.69) is 15.2 Å². The lowest BCUT2D eigenvalue weighted by atomic mass is 10.2. The molecule has 0 aromatic heterocycles. The quantitative estimate of drug-likeness (QED) is 0.631. The predicted octanol–water partition coefficient (Wildman–Crippen LogP) is 1.55. The minimum absolute atomic E-state index is 0.254. The van der Waals surface area contributed by atoms with Gasteiger partial charge in [-0.25, -0.2) is 4.79 Å². The number of nitrogens with zero attached hydrogens (tertiary/aromatic N) is 3. The summed E-state index contributed by atoms with van der Waals surface area (Å²) in [5.41, 5.74) is 0.984. The first-order valence-corrected chi connectivity index (χ1v) is 8.71. The Morgan fingerprint density at radius 2 is 1.85 bits per heavy atom. The third kappa shape index (κ3) is 4.71. The summed E-state index contributed by atoms with van der Waals surface area (Å²) in [5, 5.41) is 3.36. The highest BCUT2D eigenvalue weighted by atomic mass is 16.6. The van der Waals surface area contributed by atoms with E-state index in [4.69, 9.17) is 14.2 Å². The van der Waals surface area contributed by atoms with Crippen molar-refractivity contribution in [2.24, 2.45) is 4.99 Å². The molecule has 0 atom stereocenters. The Balaban J connectivity index is 1.94. The molecular formula is C18H28N4O4. The minimum Gasteiger partial charge on any atom is -0.493 e. The number of aliphatic imine (C=N–C) groups is 1. The van der Waals surface area contributed by atoms with E-state index in [9.17, 15) is 4.79 Å². The van der Waals surface area contributed by atoms with Crippen molar-refractivity contribution in [3.8, 4) is 11.5 Å². The molecule has 0 saturated carbocycles. The number of benzene rings is 1. The number of carbonyl (C=O) groups is 1. The summed E-state index contributed by atoms with van der Waals surface area (Å²) in [6.45, 7) is 5.40. The number of hydrogen-bond donors (Lipinski definition) is 1. The lowest BCUT2D eigenvalue weighted by molar-refractivity contribution is 0.0914. The highest BCUT2D eigenvalue weighted by Gasteiger charge is 2.23. The van der Waals surface area contributed by atoms with Crippen LogP contribution in [0.5, 0.6) is 11.5 Å². The Hall–Kier alpha value is -2.64. The van der Waals surface area contributed by atoms with Gasteiger partial charge in [0.25, 0.3) is 0 Å². The Labute approximate surface area is 154 Å². The highest BCUT2D eigenvalue weighted by Crippen LogP contribution is 2.30. The van der Waals surface area contributed by atoms with E-state index in [-0.39, 0.29) is 6.09 Å². The monoisotopic (exact) mass is 364 g/mol. The number of piperazine rings is 1. The summed E-state index contributed by atoms with van der Waals surface area (Å²) in [4.78, 5) is 20.0. The van der Waals surface area contributed by atoms with Crippen molar-refractivity contribution in [3.63, 3.8) is 0 Å². The van der Waals surface area contributed by atoms with Crippen molar-refractivity contribution in [2.75, 3.05) is 54.1 Å². The topological polar surface area (TPSA) is 75.6 Å². The summed E-state index contributed by atoms with van der Waals surface area (Å²) in [6.07, 6.45) is -0.254. The average Bonchev–Trinajstić information content (AvgIpc) is 2.68. The van der Waals surface area contributed by atoms with Gasteiger partial charge < -0.3 is 29.3 Å². The van der Waals surface area contributed by atoms with E-state index in [0.717, 1.165) is 11.5 Å². The van der Waals surface area contributed by atoms with E-state index in [0.29, 0.717) is 50.8 Å². The van der Waals surface area contributed by atoms with Gasteiger partial charge in [0, 0.05) is 45.3 Å². The summed E-state index contributed by atoms with van der Waals surface area (Å²) in [6, 6.07) is 5.78. The summed E-state index contributed by atoms with van der Waals surface area (Å²) in [7, 11) is 5.00. The molecule has 0 spiro atoms. The van der Waals surface area contributed by atoms with Gasteiger partial charge in [-0.15, -0.1) is 0 Å². The molecule has 8 nitrogen and oxygen atoms in total. The molecule has 1 aromatic rings. The highest BCUT2D eigenvalue weighted by molar-refractivity contribution is 5.80. The molecule has 1 aliphatic heterocycles. The van der Waals surface area contributed by atoms with Gasteiger partial charge >= 0.3 is 6.09 Å². The lowest BCUT2D eigenvalue weighted by Gasteiger charge is -2.35. The van der Waals surface area contributed by atoms with Gasteiger partial charge in [-0.1, -0.05) is 12.1 Å². The number of carbonyl (C=O) groups excluding carboxylic acids is 1. The second-order valence-electron chi connectivity index (χ2n) is 5.73. The molecule has 0 unspecified atom stereocenters. The van der Waals surface area contributed by atoms with Crippen molar-refractivity contribution in [2.45, 2.75) is 13.5 Å². The number of para-hydroxylation sites is 1. The van der Waals surface area contributed by atoms with Crippen LogP contribution >= 0.6 is 0 Å². The van der Waals surface area contributed by atoms with Crippen molar-refractivity contribution in [1.82, 2.24) is 15.1 Å². The van der Waals surface area contributed by atoms with E-state index < -0.39 is 0 Å². The van der Waals surface area contributed by atoms with Crippen molar-refractivity contribution in [3.05, 3.63) is 23.8 Å². The third-order valence-electron chi connectivity index (χ3n) is 4.24. The van der Waals surface area contributed by atoms with Crippen LogP contribution < -0.4 is 14.8 Å². The van der Waals surface area contributed by atoms with Gasteiger partial charge in [0.05, 0.1) is 20.8 Å². The molecule has 0 aliphatic carbocycles. The fraction of sp³-hybridized carbons (Fsp3) is 0.556. The third-order valence-corrected chi connectivity index (χ3v) is 4.24. The van der Waals surface area contributed by atoms with Crippen LogP contribution in [0.15, 0.2) is 23.2 Å². The lowest BCUT2D eigenvalue weighted by Crippen LogP contribution is -2.53. The average molecular weight is 364 g/mol. The van der Waals surface area contributed by atoms with Crippen LogP contribution in [-0.2, 0) is 11.3 Å².